The molecule has 7 heteroatoms. The Morgan fingerprint density at radius 3 is 2.94 bits per heavy atom. The molecule has 92 valence electrons. The number of hydrogen-bond acceptors (Lipinski definition) is 5. The zero-order valence-electron chi connectivity index (χ0n) is 10.0. The minimum Gasteiger partial charge on any atom is -0.265 e. The Kier molecular flexibility index (Phi) is 3.42. The summed E-state index contributed by atoms with van der Waals surface area (Å²) in [4.78, 5) is 15.6. The van der Waals surface area contributed by atoms with Gasteiger partial charge in [0, 0.05) is 11.9 Å². The number of aromatic nitrogens is 4. The van der Waals surface area contributed by atoms with Crippen LogP contribution in [0.2, 0.25) is 0 Å². The summed E-state index contributed by atoms with van der Waals surface area (Å²) in [5.74, 6) is -0.397. The Hall–Kier alpha value is -2.57. The average Bonchev–Trinajstić information content (AvgIpc) is 2.86. The Labute approximate surface area is 104 Å². The lowest BCUT2D eigenvalue weighted by Crippen LogP contribution is -2.18. The number of hydrogen-bond donors (Lipinski definition) is 1. The first-order chi connectivity index (χ1) is 8.66. The number of nitrogens with one attached hydrogen (secondary N) is 1. The zero-order chi connectivity index (χ0) is 13.0. The number of carbonyl (C=O) groups is 1. The number of amides is 1. The number of carbonyl (C=O) groups excluding carboxylic acids is 1. The fourth-order valence-corrected chi connectivity index (χ4v) is 1.20. The van der Waals surface area contributed by atoms with Gasteiger partial charge in [-0.2, -0.15) is 5.10 Å². The van der Waals surface area contributed by atoms with Crippen molar-refractivity contribution in [2.75, 3.05) is 0 Å². The maximum Gasteiger partial charge on any atom is 0.293 e. The molecule has 1 amide bonds. The summed E-state index contributed by atoms with van der Waals surface area (Å²) >= 11 is 0. The Bertz CT molecular complexity index is 570. The van der Waals surface area contributed by atoms with Gasteiger partial charge in [-0.15, -0.1) is 5.10 Å². The highest BCUT2D eigenvalue weighted by Crippen LogP contribution is 2.03. The van der Waals surface area contributed by atoms with Crippen molar-refractivity contribution < 1.29 is 4.79 Å². The summed E-state index contributed by atoms with van der Waals surface area (Å²) in [6.07, 6.45) is 4.81. The second kappa shape index (κ2) is 5.17. The molecule has 7 nitrogen and oxygen atoms in total. The molecule has 1 N–H and O–H groups in total. The average molecular weight is 244 g/mol. The van der Waals surface area contributed by atoms with Gasteiger partial charge in [-0.1, -0.05) is 5.21 Å². The van der Waals surface area contributed by atoms with Crippen molar-refractivity contribution in [1.29, 1.82) is 0 Å². The molecule has 0 radical (unpaired) electrons. The highest BCUT2D eigenvalue weighted by Gasteiger charge is 2.10. The van der Waals surface area contributed by atoms with Gasteiger partial charge in [0.2, 0.25) is 0 Å². The van der Waals surface area contributed by atoms with Gasteiger partial charge in [-0.3, -0.25) is 9.78 Å². The maximum atomic E-state index is 11.6. The summed E-state index contributed by atoms with van der Waals surface area (Å²) < 4.78 is 1.48. The molecular formula is C11H12N6O. The van der Waals surface area contributed by atoms with Gasteiger partial charge in [0.15, 0.2) is 5.69 Å². The smallest absolute Gasteiger partial charge is 0.265 e. The third kappa shape index (κ3) is 2.76. The van der Waals surface area contributed by atoms with Crippen LogP contribution in [0.1, 0.15) is 24.3 Å². The second-order valence-corrected chi connectivity index (χ2v) is 3.76. The summed E-state index contributed by atoms with van der Waals surface area (Å²) in [6.45, 7) is 3.57. The van der Waals surface area contributed by atoms with Crippen molar-refractivity contribution in [2.24, 2.45) is 5.10 Å². The van der Waals surface area contributed by atoms with Crippen LogP contribution in [0, 0.1) is 0 Å². The van der Waals surface area contributed by atoms with Crippen LogP contribution in [0.5, 0.6) is 0 Å². The van der Waals surface area contributed by atoms with Crippen molar-refractivity contribution in [2.45, 2.75) is 13.8 Å². The SMILES string of the molecule is CC(C)=NNC(=O)c1cn(-c2cccnc2)nn1. The molecule has 2 aromatic rings. The minimum atomic E-state index is -0.397. The molecular weight excluding hydrogens is 232 g/mol. The van der Waals surface area contributed by atoms with E-state index < -0.39 is 5.91 Å². The molecule has 0 bridgehead atoms. The van der Waals surface area contributed by atoms with Gasteiger partial charge in [-0.25, -0.2) is 10.1 Å². The maximum absolute atomic E-state index is 11.6. The molecule has 18 heavy (non-hydrogen) atoms. The molecule has 0 saturated heterocycles. The number of rotatable bonds is 3. The third-order valence-electron chi connectivity index (χ3n) is 2.02. The molecule has 0 aliphatic heterocycles. The summed E-state index contributed by atoms with van der Waals surface area (Å²) in [7, 11) is 0. The van der Waals surface area contributed by atoms with Crippen molar-refractivity contribution in [1.82, 2.24) is 25.4 Å². The van der Waals surface area contributed by atoms with E-state index in [1.165, 1.54) is 10.9 Å². The lowest BCUT2D eigenvalue weighted by atomic mass is 10.4. The van der Waals surface area contributed by atoms with Gasteiger partial charge in [-0.05, 0) is 26.0 Å². The van der Waals surface area contributed by atoms with Crippen molar-refractivity contribution in [3.8, 4) is 5.69 Å². The van der Waals surface area contributed by atoms with E-state index >= 15 is 0 Å². The highest BCUT2D eigenvalue weighted by molar-refractivity contribution is 5.92. The van der Waals surface area contributed by atoms with Crippen LogP contribution in [0.3, 0.4) is 0 Å². The van der Waals surface area contributed by atoms with Crippen molar-refractivity contribution >= 4 is 11.6 Å². The van der Waals surface area contributed by atoms with Gasteiger partial charge in [0.05, 0.1) is 18.1 Å². The fourth-order valence-electron chi connectivity index (χ4n) is 1.20. The first-order valence-electron chi connectivity index (χ1n) is 5.31. The Balaban J connectivity index is 2.16. The Morgan fingerprint density at radius 1 is 1.44 bits per heavy atom. The van der Waals surface area contributed by atoms with Gasteiger partial charge in [0.1, 0.15) is 0 Å². The van der Waals surface area contributed by atoms with E-state index in [4.69, 9.17) is 0 Å². The first kappa shape index (κ1) is 11.9. The quantitative estimate of drug-likeness (QED) is 0.639. The van der Waals surface area contributed by atoms with Crippen LogP contribution in [-0.2, 0) is 0 Å². The van der Waals surface area contributed by atoms with Crippen LogP contribution in [-0.4, -0.2) is 31.6 Å². The molecule has 2 rings (SSSR count). The summed E-state index contributed by atoms with van der Waals surface area (Å²) in [5, 5.41) is 11.4. The summed E-state index contributed by atoms with van der Waals surface area (Å²) in [6, 6.07) is 3.60. The molecule has 0 unspecified atom stereocenters. The van der Waals surface area contributed by atoms with Crippen LogP contribution >= 0.6 is 0 Å². The van der Waals surface area contributed by atoms with E-state index in [9.17, 15) is 4.79 Å². The van der Waals surface area contributed by atoms with Crippen LogP contribution in [0.25, 0.3) is 5.69 Å². The molecule has 0 fully saturated rings. The predicted octanol–water partition coefficient (Wildman–Crippen LogP) is 0.788. The number of hydrazone groups is 1. The lowest BCUT2D eigenvalue weighted by Gasteiger charge is -1.97. The monoisotopic (exact) mass is 244 g/mol. The molecule has 0 aromatic carbocycles. The third-order valence-corrected chi connectivity index (χ3v) is 2.02. The van der Waals surface area contributed by atoms with Crippen LogP contribution < -0.4 is 5.43 Å². The largest absolute Gasteiger partial charge is 0.293 e. The van der Waals surface area contributed by atoms with E-state index in [1.54, 1.807) is 32.3 Å². The predicted molar refractivity (Wildman–Crippen MR) is 65.4 cm³/mol. The van der Waals surface area contributed by atoms with E-state index in [2.05, 4.69) is 25.8 Å². The van der Waals surface area contributed by atoms with Crippen molar-refractivity contribution in [3.63, 3.8) is 0 Å². The van der Waals surface area contributed by atoms with Crippen LogP contribution in [0.4, 0.5) is 0 Å². The molecule has 0 saturated carbocycles. The van der Waals surface area contributed by atoms with E-state index in [-0.39, 0.29) is 5.69 Å². The molecule has 0 aliphatic rings. The van der Waals surface area contributed by atoms with Gasteiger partial charge >= 0.3 is 0 Å². The molecule has 0 aliphatic carbocycles. The minimum absolute atomic E-state index is 0.198. The lowest BCUT2D eigenvalue weighted by molar-refractivity contribution is 0.0949. The zero-order valence-corrected chi connectivity index (χ0v) is 10.0. The fraction of sp³-hybridized carbons (Fsp3) is 0.182. The normalized spacial score (nSPS) is 9.89. The molecule has 2 aromatic heterocycles. The van der Waals surface area contributed by atoms with E-state index in [0.29, 0.717) is 0 Å². The second-order valence-electron chi connectivity index (χ2n) is 3.76. The first-order valence-corrected chi connectivity index (χ1v) is 5.31. The van der Waals surface area contributed by atoms with E-state index in [0.717, 1.165) is 11.4 Å². The molecule has 0 spiro atoms. The topological polar surface area (TPSA) is 85.1 Å². The molecule has 0 atom stereocenters. The highest BCUT2D eigenvalue weighted by atomic mass is 16.2. The summed E-state index contributed by atoms with van der Waals surface area (Å²) in [5.41, 5.74) is 4.07. The van der Waals surface area contributed by atoms with Crippen LogP contribution in [0.15, 0.2) is 35.8 Å². The number of pyridine rings is 1. The Morgan fingerprint density at radius 2 is 2.28 bits per heavy atom. The van der Waals surface area contributed by atoms with Gasteiger partial charge < -0.3 is 0 Å². The standard InChI is InChI=1S/C11H12N6O/c1-8(2)13-15-11(18)10-7-17(16-14-10)9-4-3-5-12-6-9/h3-7H,1-2H3,(H,15,18). The van der Waals surface area contributed by atoms with Gasteiger partial charge in [0.25, 0.3) is 5.91 Å². The van der Waals surface area contributed by atoms with Crippen molar-refractivity contribution in [3.05, 3.63) is 36.4 Å². The molecule has 2 heterocycles. The number of nitrogens with zero attached hydrogens (tertiary/aromatic N) is 5. The van der Waals surface area contributed by atoms with E-state index in [1.807, 2.05) is 6.07 Å².